The van der Waals surface area contributed by atoms with Gasteiger partial charge in [-0.1, -0.05) is 0 Å². The molecule has 1 aliphatic rings. The number of carbonyl (C=O) groups is 1. The van der Waals surface area contributed by atoms with Crippen molar-refractivity contribution in [1.29, 1.82) is 0 Å². The smallest absolute Gasteiger partial charge is 0.224 e. The molecule has 1 amide bonds. The molecular formula is C20H28IN5O2S. The van der Waals surface area contributed by atoms with E-state index in [0.717, 1.165) is 46.6 Å². The molecule has 0 saturated heterocycles. The number of halogens is 1. The van der Waals surface area contributed by atoms with Gasteiger partial charge in [0.25, 0.3) is 0 Å². The van der Waals surface area contributed by atoms with Gasteiger partial charge in [-0.3, -0.25) is 4.79 Å². The highest BCUT2D eigenvalue weighted by molar-refractivity contribution is 14.0. The lowest BCUT2D eigenvalue weighted by atomic mass is 10.0. The van der Waals surface area contributed by atoms with Crippen LogP contribution in [0.5, 0.6) is 5.75 Å². The highest BCUT2D eigenvalue weighted by Gasteiger charge is 2.15. The first-order valence-corrected chi connectivity index (χ1v) is 10.4. The molecule has 2 aromatic rings. The SMILES string of the molecule is CCNC(=NCc1sc(C)nc1C)NCCOc1ccc2c(c1)CCC(=O)N2.I. The Bertz CT molecular complexity index is 869. The Morgan fingerprint density at radius 1 is 1.31 bits per heavy atom. The molecule has 0 radical (unpaired) electrons. The zero-order valence-electron chi connectivity index (χ0n) is 17.0. The predicted octanol–water partition coefficient (Wildman–Crippen LogP) is 3.40. The summed E-state index contributed by atoms with van der Waals surface area (Å²) in [5.74, 6) is 1.66. The Hall–Kier alpha value is -1.88. The molecule has 0 aliphatic carbocycles. The lowest BCUT2D eigenvalue weighted by Crippen LogP contribution is -2.39. The van der Waals surface area contributed by atoms with Crippen LogP contribution >= 0.6 is 35.3 Å². The number of aromatic nitrogens is 1. The van der Waals surface area contributed by atoms with Crippen molar-refractivity contribution in [1.82, 2.24) is 15.6 Å². The molecule has 0 fully saturated rings. The second-order valence-electron chi connectivity index (χ2n) is 6.58. The number of aliphatic imine (C=N–C) groups is 1. The fourth-order valence-corrected chi connectivity index (χ4v) is 3.86. The van der Waals surface area contributed by atoms with E-state index in [1.54, 1.807) is 11.3 Å². The maximum atomic E-state index is 11.4. The van der Waals surface area contributed by atoms with Gasteiger partial charge in [-0.25, -0.2) is 9.98 Å². The molecule has 29 heavy (non-hydrogen) atoms. The first-order valence-electron chi connectivity index (χ1n) is 9.56. The molecule has 0 unspecified atom stereocenters. The van der Waals surface area contributed by atoms with Crippen molar-refractivity contribution >= 4 is 52.9 Å². The number of hydrogen-bond donors (Lipinski definition) is 3. The maximum Gasteiger partial charge on any atom is 0.224 e. The van der Waals surface area contributed by atoms with Gasteiger partial charge in [0.05, 0.1) is 23.8 Å². The summed E-state index contributed by atoms with van der Waals surface area (Å²) in [6.07, 6.45) is 1.28. The molecule has 0 saturated carbocycles. The third-order valence-corrected chi connectivity index (χ3v) is 5.42. The number of thiazole rings is 1. The van der Waals surface area contributed by atoms with Gasteiger partial charge in [0.15, 0.2) is 5.96 Å². The summed E-state index contributed by atoms with van der Waals surface area (Å²) in [5.41, 5.74) is 3.06. The summed E-state index contributed by atoms with van der Waals surface area (Å²) >= 11 is 1.69. The minimum Gasteiger partial charge on any atom is -0.492 e. The highest BCUT2D eigenvalue weighted by atomic mass is 127. The summed E-state index contributed by atoms with van der Waals surface area (Å²) in [4.78, 5) is 21.7. The van der Waals surface area contributed by atoms with Gasteiger partial charge in [-0.2, -0.15) is 0 Å². The minimum absolute atomic E-state index is 0. The number of nitrogens with one attached hydrogen (secondary N) is 3. The number of aryl methyl sites for hydroxylation is 3. The van der Waals surface area contributed by atoms with E-state index in [2.05, 4.69) is 25.9 Å². The van der Waals surface area contributed by atoms with E-state index >= 15 is 0 Å². The van der Waals surface area contributed by atoms with Crippen molar-refractivity contribution in [2.45, 2.75) is 40.2 Å². The molecule has 1 aromatic heterocycles. The molecule has 3 rings (SSSR count). The minimum atomic E-state index is 0. The Kier molecular flexibility index (Phi) is 9.15. The van der Waals surface area contributed by atoms with Crippen LogP contribution in [0.4, 0.5) is 5.69 Å². The number of anilines is 1. The molecule has 1 aliphatic heterocycles. The Morgan fingerprint density at radius 3 is 2.86 bits per heavy atom. The maximum absolute atomic E-state index is 11.4. The van der Waals surface area contributed by atoms with Crippen LogP contribution in [-0.4, -0.2) is 36.5 Å². The Balaban J connectivity index is 0.00000300. The molecule has 1 aromatic carbocycles. The summed E-state index contributed by atoms with van der Waals surface area (Å²) in [7, 11) is 0. The number of amides is 1. The third kappa shape index (κ3) is 6.84. The van der Waals surface area contributed by atoms with E-state index in [0.29, 0.717) is 26.1 Å². The van der Waals surface area contributed by atoms with Crippen molar-refractivity contribution < 1.29 is 9.53 Å². The van der Waals surface area contributed by atoms with Crippen molar-refractivity contribution in [2.24, 2.45) is 4.99 Å². The molecule has 2 heterocycles. The Morgan fingerprint density at radius 2 is 2.14 bits per heavy atom. The number of guanidine groups is 1. The standard InChI is InChI=1S/C20H27N5O2S.HI/c1-4-21-20(23-12-18-13(2)24-14(3)28-18)22-9-10-27-16-6-7-17-15(11-16)5-8-19(26)25-17;/h6-7,11H,4-5,8-10,12H2,1-3H3,(H,25,26)(H2,21,22,23);1H. The van der Waals surface area contributed by atoms with E-state index in [-0.39, 0.29) is 29.9 Å². The van der Waals surface area contributed by atoms with Gasteiger partial charge >= 0.3 is 0 Å². The first-order chi connectivity index (χ1) is 13.5. The number of hydrogen-bond acceptors (Lipinski definition) is 5. The molecule has 3 N–H and O–H groups in total. The van der Waals surface area contributed by atoms with Gasteiger partial charge in [0.2, 0.25) is 5.91 Å². The van der Waals surface area contributed by atoms with Gasteiger partial charge in [-0.15, -0.1) is 35.3 Å². The molecule has 9 heteroatoms. The second kappa shape index (κ2) is 11.3. The lowest BCUT2D eigenvalue weighted by molar-refractivity contribution is -0.116. The van der Waals surface area contributed by atoms with Gasteiger partial charge in [0.1, 0.15) is 12.4 Å². The molecule has 158 valence electrons. The quantitative estimate of drug-likeness (QED) is 0.222. The average Bonchev–Trinajstić information content (AvgIpc) is 3.00. The second-order valence-corrected chi connectivity index (χ2v) is 7.87. The van der Waals surface area contributed by atoms with Crippen LogP contribution in [0.3, 0.4) is 0 Å². The summed E-state index contributed by atoms with van der Waals surface area (Å²) in [6, 6.07) is 5.79. The van der Waals surface area contributed by atoms with Crippen LogP contribution in [0.2, 0.25) is 0 Å². The molecular weight excluding hydrogens is 501 g/mol. The average molecular weight is 529 g/mol. The molecule has 0 atom stereocenters. The lowest BCUT2D eigenvalue weighted by Gasteiger charge is -2.18. The van der Waals surface area contributed by atoms with Crippen molar-refractivity contribution in [3.63, 3.8) is 0 Å². The number of benzene rings is 1. The predicted molar refractivity (Wildman–Crippen MR) is 129 cm³/mol. The van der Waals surface area contributed by atoms with Crippen molar-refractivity contribution in [3.8, 4) is 5.75 Å². The van der Waals surface area contributed by atoms with Crippen molar-refractivity contribution in [2.75, 3.05) is 25.0 Å². The van der Waals surface area contributed by atoms with Crippen LogP contribution in [0, 0.1) is 13.8 Å². The van der Waals surface area contributed by atoms with Gasteiger partial charge in [0, 0.05) is 23.5 Å². The fraction of sp³-hybridized carbons (Fsp3) is 0.450. The first kappa shape index (κ1) is 23.4. The summed E-state index contributed by atoms with van der Waals surface area (Å²) in [6.45, 7) is 8.65. The largest absolute Gasteiger partial charge is 0.492 e. The van der Waals surface area contributed by atoms with Crippen LogP contribution in [0.15, 0.2) is 23.2 Å². The number of carbonyl (C=O) groups excluding carboxylic acids is 1. The van der Waals surface area contributed by atoms with Crippen LogP contribution < -0.4 is 20.7 Å². The normalized spacial score (nSPS) is 13.2. The summed E-state index contributed by atoms with van der Waals surface area (Å²) in [5, 5.41) is 10.5. The highest BCUT2D eigenvalue weighted by Crippen LogP contribution is 2.26. The van der Waals surface area contributed by atoms with Gasteiger partial charge < -0.3 is 20.7 Å². The third-order valence-electron chi connectivity index (χ3n) is 4.36. The topological polar surface area (TPSA) is 87.6 Å². The van der Waals surface area contributed by atoms with E-state index in [1.807, 2.05) is 39.0 Å². The van der Waals surface area contributed by atoms with E-state index < -0.39 is 0 Å². The molecule has 0 bridgehead atoms. The van der Waals surface area contributed by atoms with E-state index in [1.165, 1.54) is 4.88 Å². The molecule has 7 nitrogen and oxygen atoms in total. The van der Waals surface area contributed by atoms with Crippen LogP contribution in [0.1, 0.15) is 34.5 Å². The van der Waals surface area contributed by atoms with Gasteiger partial charge in [-0.05, 0) is 51.0 Å². The zero-order valence-corrected chi connectivity index (χ0v) is 20.1. The zero-order chi connectivity index (χ0) is 19.9. The Labute approximate surface area is 192 Å². The monoisotopic (exact) mass is 529 g/mol. The van der Waals surface area contributed by atoms with Crippen LogP contribution in [-0.2, 0) is 17.8 Å². The number of rotatable bonds is 7. The van der Waals surface area contributed by atoms with E-state index in [9.17, 15) is 4.79 Å². The van der Waals surface area contributed by atoms with E-state index in [4.69, 9.17) is 4.74 Å². The van der Waals surface area contributed by atoms with Crippen molar-refractivity contribution in [3.05, 3.63) is 39.3 Å². The fourth-order valence-electron chi connectivity index (χ4n) is 3.00. The number of nitrogens with zero attached hydrogens (tertiary/aromatic N) is 2. The van der Waals surface area contributed by atoms with Crippen LogP contribution in [0.25, 0.3) is 0 Å². The molecule has 0 spiro atoms. The number of ether oxygens (including phenoxy) is 1. The summed E-state index contributed by atoms with van der Waals surface area (Å²) < 4.78 is 5.85. The number of fused-ring (bicyclic) bond motifs is 1.